The minimum absolute atomic E-state index is 0.112. The van der Waals surface area contributed by atoms with E-state index in [0.29, 0.717) is 25.2 Å². The van der Waals surface area contributed by atoms with Crippen molar-refractivity contribution in [2.75, 3.05) is 0 Å². The fourth-order valence-corrected chi connectivity index (χ4v) is 5.53. The highest BCUT2D eigenvalue weighted by molar-refractivity contribution is 7.98. The number of nitrogens with zero attached hydrogens (tertiary/aromatic N) is 4. The van der Waals surface area contributed by atoms with Crippen molar-refractivity contribution in [3.63, 3.8) is 0 Å². The number of para-hydroxylation sites is 2. The van der Waals surface area contributed by atoms with E-state index in [0.717, 1.165) is 16.9 Å². The van der Waals surface area contributed by atoms with Gasteiger partial charge in [-0.2, -0.15) is 0 Å². The molecule has 31 heavy (non-hydrogen) atoms. The standard InChI is InChI=1S/C23H16N4OS3/c28-21-19-20(26(23(29)31-19)17-7-3-1-4-8-17)25-22(27(21)18-9-5-2-6-10-18)30-15-16-11-13-24-14-12-16/h1-14H,15H2. The predicted molar refractivity (Wildman–Crippen MR) is 129 cm³/mol. The first-order valence-corrected chi connectivity index (χ1v) is 11.7. The van der Waals surface area contributed by atoms with E-state index in [1.165, 1.54) is 23.1 Å². The molecule has 0 saturated carbocycles. The Bertz CT molecular complexity index is 1460. The number of fused-ring (bicyclic) bond motifs is 1. The normalized spacial score (nSPS) is 11.1. The highest BCUT2D eigenvalue weighted by Gasteiger charge is 2.19. The van der Waals surface area contributed by atoms with Crippen molar-refractivity contribution in [2.45, 2.75) is 10.9 Å². The maximum Gasteiger partial charge on any atom is 0.278 e. The van der Waals surface area contributed by atoms with E-state index >= 15 is 0 Å². The van der Waals surface area contributed by atoms with Gasteiger partial charge in [0.2, 0.25) is 0 Å². The van der Waals surface area contributed by atoms with Gasteiger partial charge in [-0.25, -0.2) is 4.98 Å². The van der Waals surface area contributed by atoms with Crippen LogP contribution in [-0.2, 0) is 5.75 Å². The lowest BCUT2D eigenvalue weighted by atomic mass is 10.3. The summed E-state index contributed by atoms with van der Waals surface area (Å²) >= 11 is 8.43. The summed E-state index contributed by atoms with van der Waals surface area (Å²) in [5, 5.41) is 0.623. The van der Waals surface area contributed by atoms with Gasteiger partial charge >= 0.3 is 0 Å². The second kappa shape index (κ2) is 8.58. The van der Waals surface area contributed by atoms with Gasteiger partial charge < -0.3 is 0 Å². The van der Waals surface area contributed by atoms with Crippen molar-refractivity contribution in [1.82, 2.24) is 19.1 Å². The zero-order valence-electron chi connectivity index (χ0n) is 16.2. The Balaban J connectivity index is 1.73. The van der Waals surface area contributed by atoms with Crippen LogP contribution in [0.25, 0.3) is 21.7 Å². The summed E-state index contributed by atoms with van der Waals surface area (Å²) in [7, 11) is 0. The lowest BCUT2D eigenvalue weighted by molar-refractivity contribution is 0.812. The third-order valence-electron chi connectivity index (χ3n) is 4.72. The van der Waals surface area contributed by atoms with Crippen molar-refractivity contribution in [2.24, 2.45) is 0 Å². The summed E-state index contributed by atoms with van der Waals surface area (Å²) in [6, 6.07) is 23.3. The molecule has 5 aromatic rings. The molecule has 0 spiro atoms. The molecule has 8 heteroatoms. The molecular weight excluding hydrogens is 444 g/mol. The van der Waals surface area contributed by atoms with Gasteiger partial charge in [0.15, 0.2) is 14.8 Å². The Hall–Kier alpha value is -3.07. The number of pyridine rings is 1. The maximum absolute atomic E-state index is 13.6. The van der Waals surface area contributed by atoms with Gasteiger partial charge in [-0.15, -0.1) is 0 Å². The number of hydrogen-bond acceptors (Lipinski definition) is 6. The van der Waals surface area contributed by atoms with E-state index in [-0.39, 0.29) is 5.56 Å². The molecule has 0 radical (unpaired) electrons. The Morgan fingerprint density at radius 3 is 2.13 bits per heavy atom. The van der Waals surface area contributed by atoms with Crippen molar-refractivity contribution in [1.29, 1.82) is 0 Å². The van der Waals surface area contributed by atoms with E-state index in [2.05, 4.69) is 4.98 Å². The molecule has 0 atom stereocenters. The molecular formula is C23H16N4OS3. The van der Waals surface area contributed by atoms with Gasteiger partial charge in [-0.05, 0) is 54.2 Å². The van der Waals surface area contributed by atoms with Crippen LogP contribution in [0.1, 0.15) is 5.56 Å². The maximum atomic E-state index is 13.6. The molecule has 0 amide bonds. The number of aromatic nitrogens is 4. The van der Waals surface area contributed by atoms with Crippen LogP contribution in [0.5, 0.6) is 0 Å². The highest BCUT2D eigenvalue weighted by Crippen LogP contribution is 2.28. The molecule has 0 saturated heterocycles. The van der Waals surface area contributed by atoms with Gasteiger partial charge in [0.05, 0.1) is 5.69 Å². The summed E-state index contributed by atoms with van der Waals surface area (Å²) < 4.78 is 4.70. The van der Waals surface area contributed by atoms with Crippen molar-refractivity contribution < 1.29 is 0 Å². The van der Waals surface area contributed by atoms with Crippen molar-refractivity contribution in [3.8, 4) is 11.4 Å². The monoisotopic (exact) mass is 460 g/mol. The minimum Gasteiger partial charge on any atom is -0.275 e. The Morgan fingerprint density at radius 2 is 1.48 bits per heavy atom. The average Bonchev–Trinajstić information content (AvgIpc) is 3.16. The smallest absolute Gasteiger partial charge is 0.275 e. The van der Waals surface area contributed by atoms with E-state index < -0.39 is 0 Å². The van der Waals surface area contributed by atoms with Gasteiger partial charge in [-0.3, -0.25) is 18.9 Å². The van der Waals surface area contributed by atoms with Gasteiger partial charge in [0.25, 0.3) is 5.56 Å². The Labute approximate surface area is 191 Å². The molecule has 0 N–H and O–H groups in total. The molecule has 0 aliphatic rings. The Kier molecular flexibility index (Phi) is 5.50. The second-order valence-corrected chi connectivity index (χ2v) is 9.29. The SMILES string of the molecule is O=c1c2sc(=S)n(-c3ccccc3)c2nc(SCc2ccncc2)n1-c1ccccc1. The van der Waals surface area contributed by atoms with Gasteiger partial charge in [-0.1, -0.05) is 59.5 Å². The van der Waals surface area contributed by atoms with Crippen LogP contribution in [-0.4, -0.2) is 19.1 Å². The molecule has 3 heterocycles. The third kappa shape index (κ3) is 3.85. The molecule has 0 fully saturated rings. The molecule has 0 unspecified atom stereocenters. The molecule has 5 rings (SSSR count). The first kappa shape index (κ1) is 19.9. The summed E-state index contributed by atoms with van der Waals surface area (Å²) in [6.45, 7) is 0. The van der Waals surface area contributed by atoms with Crippen LogP contribution in [0.2, 0.25) is 0 Å². The topological polar surface area (TPSA) is 52.7 Å². The van der Waals surface area contributed by atoms with Crippen LogP contribution in [0.4, 0.5) is 0 Å². The van der Waals surface area contributed by atoms with E-state index in [9.17, 15) is 4.79 Å². The molecule has 0 aliphatic heterocycles. The molecule has 152 valence electrons. The summed E-state index contributed by atoms with van der Waals surface area (Å²) in [6.07, 6.45) is 3.53. The lowest BCUT2D eigenvalue weighted by Crippen LogP contribution is -2.21. The van der Waals surface area contributed by atoms with Crippen molar-refractivity contribution >= 4 is 45.7 Å². The zero-order chi connectivity index (χ0) is 21.2. The Morgan fingerprint density at radius 1 is 0.871 bits per heavy atom. The van der Waals surface area contributed by atoms with Crippen LogP contribution >= 0.6 is 35.3 Å². The highest BCUT2D eigenvalue weighted by atomic mass is 32.2. The van der Waals surface area contributed by atoms with Gasteiger partial charge in [0, 0.05) is 23.8 Å². The van der Waals surface area contributed by atoms with Crippen LogP contribution in [0.15, 0.2) is 95.1 Å². The summed E-state index contributed by atoms with van der Waals surface area (Å²) in [5.74, 6) is 0.670. The first-order valence-electron chi connectivity index (χ1n) is 9.53. The zero-order valence-corrected chi connectivity index (χ0v) is 18.7. The van der Waals surface area contributed by atoms with Crippen LogP contribution < -0.4 is 5.56 Å². The van der Waals surface area contributed by atoms with E-state index in [1.807, 2.05) is 77.4 Å². The van der Waals surface area contributed by atoms with E-state index in [4.69, 9.17) is 17.2 Å². The van der Waals surface area contributed by atoms with Crippen molar-refractivity contribution in [3.05, 3.63) is 105 Å². The fourth-order valence-electron chi connectivity index (χ4n) is 3.27. The average molecular weight is 461 g/mol. The molecule has 3 aromatic heterocycles. The van der Waals surface area contributed by atoms with Gasteiger partial charge in [0.1, 0.15) is 4.70 Å². The molecule has 5 nitrogen and oxygen atoms in total. The fraction of sp³-hybridized carbons (Fsp3) is 0.0435. The number of hydrogen-bond donors (Lipinski definition) is 0. The van der Waals surface area contributed by atoms with E-state index in [1.54, 1.807) is 17.0 Å². The molecule has 0 bridgehead atoms. The first-order chi connectivity index (χ1) is 15.2. The molecule has 2 aromatic carbocycles. The lowest BCUT2D eigenvalue weighted by Gasteiger charge is -2.13. The number of thioether (sulfide) groups is 1. The van der Waals surface area contributed by atoms with Crippen LogP contribution in [0, 0.1) is 3.95 Å². The quantitative estimate of drug-likeness (QED) is 0.193. The second-order valence-electron chi connectivity index (χ2n) is 6.71. The number of benzene rings is 2. The number of thiazole rings is 1. The molecule has 0 aliphatic carbocycles. The summed E-state index contributed by atoms with van der Waals surface area (Å²) in [4.78, 5) is 22.6. The minimum atomic E-state index is -0.112. The van der Waals surface area contributed by atoms with Crippen LogP contribution in [0.3, 0.4) is 0 Å². The largest absolute Gasteiger partial charge is 0.278 e. The summed E-state index contributed by atoms with van der Waals surface area (Å²) in [5.41, 5.74) is 3.27. The predicted octanol–water partition coefficient (Wildman–Crippen LogP) is 5.65. The third-order valence-corrected chi connectivity index (χ3v) is 7.08. The number of rotatable bonds is 5.